The number of halogens is 3. The Morgan fingerprint density at radius 2 is 1.90 bits per heavy atom. The topological polar surface area (TPSA) is 161 Å². The Morgan fingerprint density at radius 3 is 2.53 bits per heavy atom. The molecular formula is C33H35F3N4O9S2. The van der Waals surface area contributed by atoms with Crippen LogP contribution in [0.4, 0.5) is 13.2 Å². The Hall–Kier alpha value is -4.00. The van der Waals surface area contributed by atoms with Gasteiger partial charge in [-0.1, -0.05) is 0 Å². The summed E-state index contributed by atoms with van der Waals surface area (Å²) in [6, 6.07) is 1.38. The van der Waals surface area contributed by atoms with Gasteiger partial charge < -0.3 is 18.6 Å². The Bertz CT molecular complexity index is 2200. The van der Waals surface area contributed by atoms with Crippen LogP contribution in [0, 0.1) is 12.7 Å². The maximum Gasteiger partial charge on any atom is 0.387 e. The third kappa shape index (κ3) is 6.62. The number of ether oxygens (including phenoxy) is 3. The predicted octanol–water partition coefficient (Wildman–Crippen LogP) is 4.96. The molecule has 51 heavy (non-hydrogen) atoms. The van der Waals surface area contributed by atoms with Crippen molar-refractivity contribution >= 4 is 37.5 Å². The summed E-state index contributed by atoms with van der Waals surface area (Å²) in [5, 5.41) is 0.00983. The van der Waals surface area contributed by atoms with Crippen LogP contribution in [0.2, 0.25) is 0 Å². The number of nitrogens with zero attached hydrogens (tertiary/aromatic N) is 3. The Labute approximate surface area is 293 Å². The highest BCUT2D eigenvalue weighted by Gasteiger charge is 2.51. The number of benzene rings is 1. The van der Waals surface area contributed by atoms with Crippen LogP contribution in [0.15, 0.2) is 44.7 Å². The number of aryl methyl sites for hydroxylation is 1. The molecule has 5 heterocycles. The summed E-state index contributed by atoms with van der Waals surface area (Å²) in [6.07, 6.45) is 4.04. The second kappa shape index (κ2) is 13.2. The van der Waals surface area contributed by atoms with E-state index in [9.17, 15) is 36.0 Å². The van der Waals surface area contributed by atoms with Crippen LogP contribution >= 0.6 is 11.3 Å². The van der Waals surface area contributed by atoms with Crippen molar-refractivity contribution in [2.24, 2.45) is 0 Å². The van der Waals surface area contributed by atoms with E-state index in [-0.39, 0.29) is 39.6 Å². The molecule has 1 saturated carbocycles. The molecule has 0 spiro atoms. The molecule has 3 aromatic heterocycles. The van der Waals surface area contributed by atoms with Gasteiger partial charge in [-0.3, -0.25) is 18.9 Å². The van der Waals surface area contributed by atoms with Gasteiger partial charge in [0.25, 0.3) is 11.5 Å². The van der Waals surface area contributed by atoms with E-state index >= 15 is 0 Å². The number of hydrogen-bond acceptors (Lipinski definition) is 11. The Morgan fingerprint density at radius 1 is 1.20 bits per heavy atom. The molecule has 2 saturated heterocycles. The molecule has 13 nitrogen and oxygen atoms in total. The van der Waals surface area contributed by atoms with E-state index in [1.165, 1.54) is 26.3 Å². The van der Waals surface area contributed by atoms with Gasteiger partial charge in [0.1, 0.15) is 34.8 Å². The quantitative estimate of drug-likeness (QED) is 0.210. The zero-order valence-electron chi connectivity index (χ0n) is 27.8. The van der Waals surface area contributed by atoms with Gasteiger partial charge in [0, 0.05) is 5.56 Å². The summed E-state index contributed by atoms with van der Waals surface area (Å²) >= 11 is 0.995. The molecule has 274 valence electrons. The van der Waals surface area contributed by atoms with Crippen LogP contribution in [0.25, 0.3) is 21.0 Å². The van der Waals surface area contributed by atoms with E-state index in [4.69, 9.17) is 18.6 Å². The van der Waals surface area contributed by atoms with Crippen molar-refractivity contribution in [3.63, 3.8) is 0 Å². The van der Waals surface area contributed by atoms with Gasteiger partial charge in [-0.2, -0.15) is 8.78 Å². The van der Waals surface area contributed by atoms with Crippen LogP contribution in [0.1, 0.15) is 75.6 Å². The summed E-state index contributed by atoms with van der Waals surface area (Å²) in [7, 11) is -4.13. The van der Waals surface area contributed by atoms with Gasteiger partial charge >= 0.3 is 12.3 Å². The first-order valence-corrected chi connectivity index (χ1v) is 18.8. The number of hydrogen-bond donors (Lipinski definition) is 1. The summed E-state index contributed by atoms with van der Waals surface area (Å²) in [4.78, 5) is 46.8. The minimum Gasteiger partial charge on any atom is -0.444 e. The summed E-state index contributed by atoms with van der Waals surface area (Å²) in [6.45, 7) is 0.612. The molecule has 3 fully saturated rings. The van der Waals surface area contributed by atoms with E-state index < -0.39 is 69.1 Å². The second-order valence-corrected chi connectivity index (χ2v) is 16.7. The molecule has 2 bridgehead atoms. The molecule has 18 heteroatoms. The van der Waals surface area contributed by atoms with Crippen LogP contribution in [0.3, 0.4) is 0 Å². The van der Waals surface area contributed by atoms with E-state index in [0.717, 1.165) is 46.9 Å². The average Bonchev–Trinajstić information content (AvgIpc) is 3.36. The number of thiophene rings is 1. The number of rotatable bonds is 12. The minimum absolute atomic E-state index is 0.00983. The number of oxazole rings is 1. The number of carbonyl (C=O) groups is 1. The van der Waals surface area contributed by atoms with Gasteiger partial charge in [0.2, 0.25) is 15.9 Å². The fourth-order valence-corrected chi connectivity index (χ4v) is 9.38. The molecule has 4 aromatic rings. The van der Waals surface area contributed by atoms with E-state index in [0.29, 0.717) is 40.7 Å². The Kier molecular flexibility index (Phi) is 9.16. The van der Waals surface area contributed by atoms with Crippen molar-refractivity contribution in [1.82, 2.24) is 18.8 Å². The van der Waals surface area contributed by atoms with Crippen LogP contribution in [-0.4, -0.2) is 58.1 Å². The van der Waals surface area contributed by atoms with Gasteiger partial charge in [-0.25, -0.2) is 27.2 Å². The summed E-state index contributed by atoms with van der Waals surface area (Å²) in [5.74, 6) is -2.10. The summed E-state index contributed by atoms with van der Waals surface area (Å²) < 4.78 is 93.4. The number of alkyl halides is 2. The third-order valence-electron chi connectivity index (χ3n) is 9.96. The van der Waals surface area contributed by atoms with Crippen molar-refractivity contribution < 1.29 is 45.0 Å². The molecule has 1 aromatic carbocycles. The lowest BCUT2D eigenvalue weighted by Crippen LogP contribution is -2.48. The second-order valence-electron chi connectivity index (χ2n) is 13.5. The molecule has 3 unspecified atom stereocenters. The number of aromatic nitrogens is 3. The molecule has 7 rings (SSSR count). The lowest BCUT2D eigenvalue weighted by molar-refractivity contribution is -0.122. The largest absolute Gasteiger partial charge is 0.444 e. The highest BCUT2D eigenvalue weighted by atomic mass is 32.2. The van der Waals surface area contributed by atoms with Crippen molar-refractivity contribution in [2.45, 2.75) is 108 Å². The van der Waals surface area contributed by atoms with Crippen molar-refractivity contribution in [3.05, 3.63) is 68.4 Å². The van der Waals surface area contributed by atoms with Crippen LogP contribution in [0.5, 0.6) is 5.75 Å². The highest BCUT2D eigenvalue weighted by molar-refractivity contribution is 7.91. The Balaban J connectivity index is 1.39. The fraction of sp³-hybridized carbons (Fsp3) is 0.515. The average molecular weight is 753 g/mol. The SMILES string of the molecule is Cc1c(-c2ncco2)sc2c1c(=O)n(C(C)C(=O)NS(=O)(=O)C1(C)CC1)c(=O)n2CC(OC1C[C@H]2CC[C@@H](C1)O2)c1cc(F)ccc1OC(F)F. The zero-order valence-corrected chi connectivity index (χ0v) is 29.4. The maximum atomic E-state index is 14.8. The molecule has 1 aliphatic carbocycles. The van der Waals surface area contributed by atoms with Gasteiger partial charge in [0.15, 0.2) is 0 Å². The van der Waals surface area contributed by atoms with Gasteiger partial charge in [-0.15, -0.1) is 11.3 Å². The lowest BCUT2D eigenvalue weighted by Gasteiger charge is -2.32. The molecule has 5 atom stereocenters. The molecule has 3 aliphatic rings. The molecule has 1 amide bonds. The fourth-order valence-electron chi connectivity index (χ4n) is 6.82. The molecule has 1 N–H and O–H groups in total. The van der Waals surface area contributed by atoms with E-state index in [1.54, 1.807) is 6.92 Å². The molecule has 0 radical (unpaired) electrons. The number of nitrogens with one attached hydrogen (secondary N) is 1. The smallest absolute Gasteiger partial charge is 0.387 e. The maximum absolute atomic E-state index is 14.8. The van der Waals surface area contributed by atoms with Gasteiger partial charge in [0.05, 0.1) is 46.1 Å². The number of amides is 1. The number of carbonyl (C=O) groups excluding carboxylic acids is 1. The number of sulfonamides is 1. The molecule has 2 aliphatic heterocycles. The normalized spacial score (nSPS) is 22.3. The first-order chi connectivity index (χ1) is 24.2. The predicted molar refractivity (Wildman–Crippen MR) is 178 cm³/mol. The number of fused-ring (bicyclic) bond motifs is 3. The minimum atomic E-state index is -4.13. The molecular weight excluding hydrogens is 718 g/mol. The van der Waals surface area contributed by atoms with Crippen molar-refractivity contribution in [2.75, 3.05) is 0 Å². The van der Waals surface area contributed by atoms with Crippen LogP contribution < -0.4 is 20.7 Å². The zero-order chi connectivity index (χ0) is 36.4. The van der Waals surface area contributed by atoms with E-state index in [2.05, 4.69) is 4.98 Å². The van der Waals surface area contributed by atoms with Crippen molar-refractivity contribution in [1.29, 1.82) is 0 Å². The van der Waals surface area contributed by atoms with Gasteiger partial charge in [-0.05, 0) is 83.1 Å². The standard InChI is InChI=1S/C33H35F3N4O9S2/c1-16-25-29(42)40(17(2)27(41)38-51(44,45)33(3)8-9-33)32(43)39(30(25)50-26(16)28-37-10-11-46-28)15-24(48-21-13-19-5-6-20(14-21)47-19)22-12-18(34)4-7-23(22)49-31(35)36/h4,7,10-12,17,19-21,24,31H,5-6,8-9,13-15H2,1-3H3,(H,38,41)/t17?,19-,20+,21?,24?. The van der Waals surface area contributed by atoms with Crippen molar-refractivity contribution in [3.8, 4) is 16.5 Å². The third-order valence-corrected chi connectivity index (χ3v) is 13.4. The first-order valence-electron chi connectivity index (χ1n) is 16.5. The van der Waals surface area contributed by atoms with E-state index in [1.807, 2.05) is 4.72 Å². The van der Waals surface area contributed by atoms with Crippen LogP contribution in [-0.2, 0) is 30.8 Å². The highest BCUT2D eigenvalue weighted by Crippen LogP contribution is 2.43. The summed E-state index contributed by atoms with van der Waals surface area (Å²) in [5.41, 5.74) is -1.63. The lowest BCUT2D eigenvalue weighted by atomic mass is 10.0. The first kappa shape index (κ1) is 35.4. The monoisotopic (exact) mass is 752 g/mol.